The quantitative estimate of drug-likeness (QED) is 0.0238. The summed E-state index contributed by atoms with van der Waals surface area (Å²) in [7, 11) is 0. The second-order valence-corrected chi connectivity index (χ2v) is 22.8. The molecule has 0 aliphatic rings. The van der Waals surface area contributed by atoms with Crippen LogP contribution in [0.5, 0.6) is 0 Å². The molecule has 0 aromatic carbocycles. The third-order valence-corrected chi connectivity index (χ3v) is 12.2. The van der Waals surface area contributed by atoms with E-state index < -0.39 is 90.6 Å². The highest BCUT2D eigenvalue weighted by Crippen LogP contribution is 2.32. The van der Waals surface area contributed by atoms with E-state index in [4.69, 9.17) is 37.9 Å². The fraction of sp³-hybridized carbons (Fsp3) is 0.507. The van der Waals surface area contributed by atoms with Gasteiger partial charge in [-0.1, -0.05) is 146 Å². The molecule has 0 bridgehead atoms. The maximum absolute atomic E-state index is 11.6. The normalized spacial score (nSPS) is 10.3. The molecule has 0 amide bonds. The van der Waals surface area contributed by atoms with Crippen molar-refractivity contribution in [2.75, 3.05) is 59.8 Å². The van der Waals surface area contributed by atoms with Gasteiger partial charge in [0, 0.05) is 91.6 Å². The van der Waals surface area contributed by atoms with Crippen molar-refractivity contribution < 1.29 is 114 Å². The number of carbonyl (C=O) groups is 12. The zero-order valence-corrected chi connectivity index (χ0v) is 60.4. The van der Waals surface area contributed by atoms with Crippen LogP contribution in [0.4, 0.5) is 0 Å². The Bertz CT molecular complexity index is 2600. The van der Waals surface area contributed by atoms with Gasteiger partial charge < -0.3 is 56.8 Å². The Morgan fingerprint density at radius 3 is 0.835 bits per heavy atom. The maximum Gasteiger partial charge on any atom is 0.335 e. The van der Waals surface area contributed by atoms with Gasteiger partial charge in [-0.05, 0) is 88.0 Å². The van der Waals surface area contributed by atoms with Gasteiger partial charge in [0.15, 0.2) is 0 Å². The Morgan fingerprint density at radius 1 is 0.340 bits per heavy atom. The second-order valence-electron chi connectivity index (χ2n) is 22.8. The summed E-state index contributed by atoms with van der Waals surface area (Å²) in [6.07, 6.45) is 11.6. The highest BCUT2D eigenvalue weighted by Gasteiger charge is 2.33. The van der Waals surface area contributed by atoms with E-state index in [9.17, 15) is 57.5 Å². The molecular formula is C73H110O24. The third kappa shape index (κ3) is 56.6. The molecule has 0 saturated carbocycles. The summed E-state index contributed by atoms with van der Waals surface area (Å²) in [6, 6.07) is 0. The van der Waals surface area contributed by atoms with Crippen LogP contribution in [0, 0.1) is 16.2 Å². The van der Waals surface area contributed by atoms with Crippen molar-refractivity contribution in [1.82, 2.24) is 0 Å². The van der Waals surface area contributed by atoms with Gasteiger partial charge in [0.05, 0.1) is 19.8 Å². The van der Waals surface area contributed by atoms with Crippen LogP contribution in [0.15, 0.2) is 148 Å². The lowest BCUT2D eigenvalue weighted by atomic mass is 9.81. The van der Waals surface area contributed by atoms with Crippen LogP contribution < -0.4 is 0 Å². The minimum atomic E-state index is -0.637. The molecule has 0 aromatic rings. The first-order valence-electron chi connectivity index (χ1n) is 30.8. The minimum Gasteiger partial charge on any atom is -0.462 e. The predicted molar refractivity (Wildman–Crippen MR) is 369 cm³/mol. The Morgan fingerprint density at radius 2 is 0.577 bits per heavy atom. The molecule has 0 saturated heterocycles. The Hall–Kier alpha value is -9.48. The first-order chi connectivity index (χ1) is 45.0. The fourth-order valence-electron chi connectivity index (χ4n) is 5.73. The van der Waals surface area contributed by atoms with Crippen LogP contribution in [-0.4, -0.2) is 138 Å². The van der Waals surface area contributed by atoms with Crippen molar-refractivity contribution in [2.24, 2.45) is 16.2 Å². The van der Waals surface area contributed by atoms with Gasteiger partial charge in [0.2, 0.25) is 13.6 Å². The average molecular weight is 1370 g/mol. The molecule has 0 rings (SSSR count). The molecule has 24 heteroatoms. The number of esters is 12. The van der Waals surface area contributed by atoms with E-state index in [1.165, 1.54) is 13.8 Å². The highest BCUT2D eigenvalue weighted by molar-refractivity contribution is 5.90. The molecule has 0 aromatic heterocycles. The van der Waals surface area contributed by atoms with Gasteiger partial charge in [-0.25, -0.2) is 57.5 Å². The number of ether oxygens (including phenoxy) is 12. The number of hydrogen-bond acceptors (Lipinski definition) is 24. The van der Waals surface area contributed by atoms with Crippen LogP contribution >= 0.6 is 0 Å². The molecule has 0 fully saturated rings. The van der Waals surface area contributed by atoms with E-state index in [2.05, 4.69) is 112 Å². The van der Waals surface area contributed by atoms with Crippen molar-refractivity contribution in [3.8, 4) is 0 Å². The standard InChI is InChI=1S/C17H28O4.C15H24O4.C13H20O4.C12H18O4.C9H12O4.C7H8O4/c1-7-9-10-17(8-2,11-20-15(18)13(3)4)12-21-16(19)14(5)6;1-5-9-10-15(8-4,11-18-13(16)6-2)12-19-14(17)7-3;1-9(2)11(14)16-7-13(5,6)8-17-12(15)10(3)4;1-8(2)11(13)15-7-6-10(5)16-12(14)9(3)4;1-6(2)8(10)12-5-13-9(11)7(3)4;1-3-6(8)10-5-11-7(9)4-2/h3,5,7-12H2,1-2,4,6H3;6-7H,2-3,5,8-12H2,1,4H3;1,3,7-8H2,2,4-6H3;10H,1,3,6-7H2,2,4-5H3;1,3,5H2,2,4H3;3-4H,1-2,5H2. The lowest BCUT2D eigenvalue weighted by Gasteiger charge is -2.31. The van der Waals surface area contributed by atoms with Crippen molar-refractivity contribution in [3.63, 3.8) is 0 Å². The highest BCUT2D eigenvalue weighted by atomic mass is 16.7. The number of unbranched alkanes of at least 4 members (excludes halogenated alkanes) is 2. The number of rotatable bonds is 40. The topological polar surface area (TPSA) is 316 Å². The molecule has 0 N–H and O–H groups in total. The molecule has 0 aliphatic heterocycles. The second kappa shape index (κ2) is 56.8. The van der Waals surface area contributed by atoms with Gasteiger partial charge in [-0.15, -0.1) is 0 Å². The third-order valence-electron chi connectivity index (χ3n) is 12.2. The van der Waals surface area contributed by atoms with Gasteiger partial charge in [0.25, 0.3) is 0 Å². The van der Waals surface area contributed by atoms with Crippen LogP contribution in [-0.2, 0) is 114 Å². The number of carbonyl (C=O) groups excluding carboxylic acids is 12. The molecule has 546 valence electrons. The van der Waals surface area contributed by atoms with Crippen LogP contribution in [0.25, 0.3) is 0 Å². The van der Waals surface area contributed by atoms with Gasteiger partial charge in [0.1, 0.15) is 32.5 Å². The molecule has 0 heterocycles. The first-order valence-corrected chi connectivity index (χ1v) is 30.8. The summed E-state index contributed by atoms with van der Waals surface area (Å²) < 4.78 is 58.4. The zero-order chi connectivity index (χ0) is 76.7. The summed E-state index contributed by atoms with van der Waals surface area (Å²) in [5, 5.41) is 0. The molecule has 97 heavy (non-hydrogen) atoms. The zero-order valence-electron chi connectivity index (χ0n) is 60.4. The van der Waals surface area contributed by atoms with Crippen molar-refractivity contribution in [3.05, 3.63) is 148 Å². The maximum atomic E-state index is 11.6. The predicted octanol–water partition coefficient (Wildman–Crippen LogP) is 12.7. The van der Waals surface area contributed by atoms with Gasteiger partial charge in [-0.3, -0.25) is 0 Å². The van der Waals surface area contributed by atoms with Crippen LogP contribution in [0.3, 0.4) is 0 Å². The lowest BCUT2D eigenvalue weighted by Crippen LogP contribution is -2.34. The van der Waals surface area contributed by atoms with E-state index in [1.807, 2.05) is 27.7 Å². The molecule has 24 nitrogen and oxygen atoms in total. The smallest absolute Gasteiger partial charge is 0.335 e. The van der Waals surface area contributed by atoms with Crippen LogP contribution in [0.2, 0.25) is 0 Å². The van der Waals surface area contributed by atoms with Crippen LogP contribution in [0.1, 0.15) is 162 Å². The summed E-state index contributed by atoms with van der Waals surface area (Å²) >= 11 is 0. The molecule has 0 radical (unpaired) electrons. The van der Waals surface area contributed by atoms with E-state index >= 15 is 0 Å². The van der Waals surface area contributed by atoms with E-state index in [-0.39, 0.29) is 74.3 Å². The fourth-order valence-corrected chi connectivity index (χ4v) is 5.73. The van der Waals surface area contributed by atoms with E-state index in [1.54, 1.807) is 48.5 Å². The molecular weight excluding hydrogens is 1260 g/mol. The monoisotopic (exact) mass is 1370 g/mol. The van der Waals surface area contributed by atoms with Gasteiger partial charge >= 0.3 is 71.6 Å². The van der Waals surface area contributed by atoms with Crippen molar-refractivity contribution in [1.29, 1.82) is 0 Å². The first kappa shape index (κ1) is 98.6. The lowest BCUT2D eigenvalue weighted by molar-refractivity contribution is -0.162. The molecule has 0 aliphatic carbocycles. The van der Waals surface area contributed by atoms with E-state index in [0.717, 1.165) is 75.7 Å². The average Bonchev–Trinajstić information content (AvgIpc) is 0.911. The minimum absolute atomic E-state index is 0.169. The van der Waals surface area contributed by atoms with Gasteiger partial charge in [-0.2, -0.15) is 0 Å². The van der Waals surface area contributed by atoms with Crippen molar-refractivity contribution in [2.45, 2.75) is 168 Å². The molecule has 1 atom stereocenters. The summed E-state index contributed by atoms with van der Waals surface area (Å²) in [4.78, 5) is 132. The SMILES string of the molecule is C=C(C)C(=O)OCC(C)(C)COC(=O)C(=C)C.C=C(C)C(=O)OCC(CC)(CCCC)COC(=O)C(=C)C.C=C(C)C(=O)OCCC(C)OC(=O)C(=C)C.C=C(C)C(=O)OCOC(=O)C(=C)C.C=CC(=O)OCC(CC)(CCCC)COC(=O)C=C.C=CC(=O)OCOC(=O)C=C. The summed E-state index contributed by atoms with van der Waals surface area (Å²) in [5.41, 5.74) is 1.55. The number of hydrogen-bond donors (Lipinski definition) is 0. The van der Waals surface area contributed by atoms with E-state index in [0.29, 0.717) is 39.9 Å². The van der Waals surface area contributed by atoms with Crippen molar-refractivity contribution >= 4 is 71.6 Å². The largest absolute Gasteiger partial charge is 0.462 e. The Labute approximate surface area is 575 Å². The summed E-state index contributed by atoms with van der Waals surface area (Å²) in [6.45, 7) is 67.6. The summed E-state index contributed by atoms with van der Waals surface area (Å²) in [5.74, 6) is -5.92. The Balaban J connectivity index is -0.000000259. The molecule has 0 spiro atoms. The Kier molecular flexibility index (Phi) is 57.8. The molecule has 1 unspecified atom stereocenters.